The van der Waals surface area contributed by atoms with E-state index in [0.717, 1.165) is 30.2 Å². The zero-order valence-corrected chi connectivity index (χ0v) is 14.4. The van der Waals surface area contributed by atoms with Gasteiger partial charge in [0.25, 0.3) is 5.91 Å². The standard InChI is InChI=1S/C15H21N3O2S.ClH/c1-10-12(15(20)18-6-8-21-9-7-18)4-3-5-13(10)17-14(19)11(2)16;/h3-5,11H,6-9,16H2,1-2H3,(H,17,19);1H/t11-;/m0./s1. The van der Waals surface area contributed by atoms with Crippen molar-refractivity contribution in [2.45, 2.75) is 19.9 Å². The number of amides is 2. The zero-order chi connectivity index (χ0) is 15.4. The summed E-state index contributed by atoms with van der Waals surface area (Å²) in [5.41, 5.74) is 7.64. The van der Waals surface area contributed by atoms with Crippen LogP contribution in [0.4, 0.5) is 5.69 Å². The number of hydrogen-bond donors (Lipinski definition) is 2. The summed E-state index contributed by atoms with van der Waals surface area (Å²) < 4.78 is 0. The summed E-state index contributed by atoms with van der Waals surface area (Å²) in [6, 6.07) is 4.80. The molecule has 122 valence electrons. The molecule has 1 aliphatic heterocycles. The van der Waals surface area contributed by atoms with Crippen LogP contribution in [-0.2, 0) is 4.79 Å². The Morgan fingerprint density at radius 3 is 2.55 bits per heavy atom. The second-order valence-electron chi connectivity index (χ2n) is 5.16. The molecule has 0 bridgehead atoms. The first-order chi connectivity index (χ1) is 10.0. The number of thioether (sulfide) groups is 1. The number of carbonyl (C=O) groups is 2. The van der Waals surface area contributed by atoms with Crippen molar-refractivity contribution in [2.75, 3.05) is 29.9 Å². The summed E-state index contributed by atoms with van der Waals surface area (Å²) in [4.78, 5) is 26.2. The molecule has 0 saturated carbocycles. The lowest BCUT2D eigenvalue weighted by Gasteiger charge is -2.27. The van der Waals surface area contributed by atoms with E-state index in [0.29, 0.717) is 11.3 Å². The van der Waals surface area contributed by atoms with E-state index in [4.69, 9.17) is 5.73 Å². The largest absolute Gasteiger partial charge is 0.337 e. The van der Waals surface area contributed by atoms with Crippen LogP contribution in [0.2, 0.25) is 0 Å². The average Bonchev–Trinajstić information content (AvgIpc) is 2.49. The van der Waals surface area contributed by atoms with Crippen molar-refractivity contribution in [1.82, 2.24) is 4.90 Å². The van der Waals surface area contributed by atoms with E-state index >= 15 is 0 Å². The first-order valence-electron chi connectivity index (χ1n) is 7.04. The number of halogens is 1. The fourth-order valence-corrected chi connectivity index (χ4v) is 3.09. The van der Waals surface area contributed by atoms with Gasteiger partial charge in [0, 0.05) is 35.8 Å². The molecular formula is C15H22ClN3O2S. The Morgan fingerprint density at radius 2 is 1.95 bits per heavy atom. The monoisotopic (exact) mass is 343 g/mol. The summed E-state index contributed by atoms with van der Waals surface area (Å²) in [6.07, 6.45) is 0. The normalized spacial score (nSPS) is 15.7. The van der Waals surface area contributed by atoms with Gasteiger partial charge >= 0.3 is 0 Å². The molecular weight excluding hydrogens is 322 g/mol. The van der Waals surface area contributed by atoms with Gasteiger partial charge < -0.3 is 16.0 Å². The van der Waals surface area contributed by atoms with Crippen molar-refractivity contribution in [3.63, 3.8) is 0 Å². The predicted octanol–water partition coefficient (Wildman–Crippen LogP) is 1.89. The maximum absolute atomic E-state index is 12.6. The Balaban J connectivity index is 0.00000242. The van der Waals surface area contributed by atoms with Gasteiger partial charge in [-0.1, -0.05) is 6.07 Å². The third-order valence-electron chi connectivity index (χ3n) is 3.53. The van der Waals surface area contributed by atoms with Crippen molar-refractivity contribution >= 4 is 41.7 Å². The molecule has 1 heterocycles. The second kappa shape index (κ2) is 8.41. The van der Waals surface area contributed by atoms with Crippen molar-refractivity contribution < 1.29 is 9.59 Å². The smallest absolute Gasteiger partial charge is 0.254 e. The van der Waals surface area contributed by atoms with Crippen molar-refractivity contribution in [3.8, 4) is 0 Å². The van der Waals surface area contributed by atoms with Crippen LogP contribution in [0.1, 0.15) is 22.8 Å². The quantitative estimate of drug-likeness (QED) is 0.878. The number of carbonyl (C=O) groups excluding carboxylic acids is 2. The van der Waals surface area contributed by atoms with Crippen LogP contribution >= 0.6 is 24.2 Å². The fourth-order valence-electron chi connectivity index (χ4n) is 2.19. The topological polar surface area (TPSA) is 75.4 Å². The summed E-state index contributed by atoms with van der Waals surface area (Å²) in [5, 5.41) is 2.77. The Kier molecular flexibility index (Phi) is 7.19. The van der Waals surface area contributed by atoms with E-state index in [1.165, 1.54) is 0 Å². The number of nitrogens with one attached hydrogen (secondary N) is 1. The molecule has 0 aliphatic carbocycles. The summed E-state index contributed by atoms with van der Waals surface area (Å²) in [5.74, 6) is 1.74. The lowest BCUT2D eigenvalue weighted by molar-refractivity contribution is -0.117. The van der Waals surface area contributed by atoms with Crippen LogP contribution in [0, 0.1) is 6.92 Å². The maximum Gasteiger partial charge on any atom is 0.254 e. The van der Waals surface area contributed by atoms with Gasteiger partial charge in [0.05, 0.1) is 6.04 Å². The van der Waals surface area contributed by atoms with Gasteiger partial charge in [-0.3, -0.25) is 9.59 Å². The lowest BCUT2D eigenvalue weighted by Crippen LogP contribution is -2.38. The fraction of sp³-hybridized carbons (Fsp3) is 0.467. The molecule has 1 fully saturated rings. The van der Waals surface area contributed by atoms with Crippen molar-refractivity contribution in [1.29, 1.82) is 0 Å². The van der Waals surface area contributed by atoms with Crippen molar-refractivity contribution in [2.24, 2.45) is 5.73 Å². The van der Waals surface area contributed by atoms with E-state index in [1.54, 1.807) is 25.1 Å². The third-order valence-corrected chi connectivity index (χ3v) is 4.48. The SMILES string of the molecule is Cc1c(NC(=O)[C@H](C)N)cccc1C(=O)N1CCSCC1.Cl. The molecule has 0 aromatic heterocycles. The van der Waals surface area contributed by atoms with Gasteiger partial charge in [-0.05, 0) is 31.5 Å². The van der Waals surface area contributed by atoms with E-state index in [9.17, 15) is 9.59 Å². The van der Waals surface area contributed by atoms with E-state index < -0.39 is 6.04 Å². The van der Waals surface area contributed by atoms with Gasteiger partial charge in [0.1, 0.15) is 0 Å². The van der Waals surface area contributed by atoms with Gasteiger partial charge in [-0.2, -0.15) is 11.8 Å². The minimum absolute atomic E-state index is 0. The van der Waals surface area contributed by atoms with Crippen molar-refractivity contribution in [3.05, 3.63) is 29.3 Å². The minimum Gasteiger partial charge on any atom is -0.337 e. The highest BCUT2D eigenvalue weighted by molar-refractivity contribution is 7.99. The summed E-state index contributed by atoms with van der Waals surface area (Å²) in [7, 11) is 0. The molecule has 1 aliphatic rings. The van der Waals surface area contributed by atoms with Gasteiger partial charge in [-0.15, -0.1) is 12.4 Å². The van der Waals surface area contributed by atoms with E-state index in [2.05, 4.69) is 5.32 Å². The lowest BCUT2D eigenvalue weighted by atomic mass is 10.0. The Hall–Kier alpha value is -1.24. The highest BCUT2D eigenvalue weighted by Crippen LogP contribution is 2.22. The molecule has 0 spiro atoms. The summed E-state index contributed by atoms with van der Waals surface area (Å²) in [6.45, 7) is 5.03. The highest BCUT2D eigenvalue weighted by Gasteiger charge is 2.21. The van der Waals surface area contributed by atoms with Gasteiger partial charge in [-0.25, -0.2) is 0 Å². The molecule has 3 N–H and O–H groups in total. The van der Waals surface area contributed by atoms with Crippen LogP contribution in [0.15, 0.2) is 18.2 Å². The molecule has 5 nitrogen and oxygen atoms in total. The van der Waals surface area contributed by atoms with Gasteiger partial charge in [0.15, 0.2) is 0 Å². The number of anilines is 1. The molecule has 0 radical (unpaired) electrons. The average molecular weight is 344 g/mol. The molecule has 1 saturated heterocycles. The van der Waals surface area contributed by atoms with E-state index in [-0.39, 0.29) is 24.2 Å². The van der Waals surface area contributed by atoms with E-state index in [1.807, 2.05) is 23.6 Å². The maximum atomic E-state index is 12.6. The molecule has 1 aromatic carbocycles. The predicted molar refractivity (Wildman–Crippen MR) is 93.9 cm³/mol. The minimum atomic E-state index is -0.581. The van der Waals surface area contributed by atoms with Crippen LogP contribution in [0.25, 0.3) is 0 Å². The number of nitrogens with zero attached hydrogens (tertiary/aromatic N) is 1. The molecule has 2 rings (SSSR count). The number of benzene rings is 1. The molecule has 7 heteroatoms. The number of rotatable bonds is 3. The Bertz CT molecular complexity index is 546. The van der Waals surface area contributed by atoms with Crippen LogP contribution < -0.4 is 11.1 Å². The molecule has 22 heavy (non-hydrogen) atoms. The number of nitrogens with two attached hydrogens (primary N) is 1. The summed E-state index contributed by atoms with van der Waals surface area (Å²) >= 11 is 1.87. The highest BCUT2D eigenvalue weighted by atomic mass is 35.5. The first-order valence-corrected chi connectivity index (χ1v) is 8.19. The number of hydrogen-bond acceptors (Lipinski definition) is 4. The second-order valence-corrected chi connectivity index (χ2v) is 6.39. The molecule has 1 aromatic rings. The molecule has 1 atom stereocenters. The van der Waals surface area contributed by atoms with Gasteiger partial charge in [0.2, 0.25) is 5.91 Å². The molecule has 2 amide bonds. The Labute approximate surface area is 141 Å². The zero-order valence-electron chi connectivity index (χ0n) is 12.8. The first kappa shape index (κ1) is 18.8. The van der Waals surface area contributed by atoms with Crippen LogP contribution in [0.5, 0.6) is 0 Å². The van der Waals surface area contributed by atoms with Crippen LogP contribution in [-0.4, -0.2) is 47.4 Å². The molecule has 0 unspecified atom stereocenters. The third kappa shape index (κ3) is 4.38. The Morgan fingerprint density at radius 1 is 1.32 bits per heavy atom. The van der Waals surface area contributed by atoms with Crippen LogP contribution in [0.3, 0.4) is 0 Å².